The Morgan fingerprint density at radius 3 is 2.80 bits per heavy atom. The summed E-state index contributed by atoms with van der Waals surface area (Å²) in [7, 11) is 2.05. The molecule has 20 heavy (non-hydrogen) atoms. The van der Waals surface area contributed by atoms with Gasteiger partial charge in [-0.25, -0.2) is 4.98 Å². The molecule has 4 nitrogen and oxygen atoms in total. The standard InChI is InChI=1S/C14H19BrN4S/c1-4-5-16-14-17-10(2)6-13(18-14)19(3)8-12-7-11(15)9-20-12/h6-7,9H,4-5,8H2,1-3H3,(H,16,17,18). The van der Waals surface area contributed by atoms with Gasteiger partial charge in [-0.05, 0) is 35.3 Å². The number of hydrogen-bond acceptors (Lipinski definition) is 5. The number of nitrogens with one attached hydrogen (secondary N) is 1. The second-order valence-electron chi connectivity index (χ2n) is 4.71. The molecule has 0 amide bonds. The molecule has 2 heterocycles. The molecule has 0 aliphatic rings. The molecule has 0 atom stereocenters. The van der Waals surface area contributed by atoms with E-state index >= 15 is 0 Å². The molecule has 0 aliphatic heterocycles. The Labute approximate surface area is 132 Å². The van der Waals surface area contributed by atoms with Crippen molar-refractivity contribution >= 4 is 39.0 Å². The van der Waals surface area contributed by atoms with Gasteiger partial charge in [0.1, 0.15) is 5.82 Å². The van der Waals surface area contributed by atoms with Crippen molar-refractivity contribution in [2.75, 3.05) is 23.8 Å². The van der Waals surface area contributed by atoms with E-state index in [1.54, 1.807) is 11.3 Å². The Bertz CT molecular complexity index is 570. The smallest absolute Gasteiger partial charge is 0.224 e. The van der Waals surface area contributed by atoms with E-state index in [-0.39, 0.29) is 0 Å². The number of halogens is 1. The molecular weight excluding hydrogens is 336 g/mol. The molecule has 0 bridgehead atoms. The predicted molar refractivity (Wildman–Crippen MR) is 89.7 cm³/mol. The van der Waals surface area contributed by atoms with Gasteiger partial charge in [-0.2, -0.15) is 4.98 Å². The average Bonchev–Trinajstić information content (AvgIpc) is 2.81. The molecule has 108 valence electrons. The van der Waals surface area contributed by atoms with Crippen molar-refractivity contribution in [2.45, 2.75) is 26.8 Å². The first-order valence-corrected chi connectivity index (χ1v) is 8.29. The van der Waals surface area contributed by atoms with Gasteiger partial charge in [0, 0.05) is 40.1 Å². The number of rotatable bonds is 6. The number of aryl methyl sites for hydroxylation is 1. The first-order valence-electron chi connectivity index (χ1n) is 6.62. The van der Waals surface area contributed by atoms with Crippen LogP contribution in [-0.2, 0) is 6.54 Å². The summed E-state index contributed by atoms with van der Waals surface area (Å²) in [5, 5.41) is 5.34. The van der Waals surface area contributed by atoms with Crippen molar-refractivity contribution in [1.29, 1.82) is 0 Å². The first-order chi connectivity index (χ1) is 9.58. The first kappa shape index (κ1) is 15.3. The highest BCUT2D eigenvalue weighted by molar-refractivity contribution is 9.10. The molecule has 2 rings (SSSR count). The molecule has 0 spiro atoms. The lowest BCUT2D eigenvalue weighted by Crippen LogP contribution is -2.18. The van der Waals surface area contributed by atoms with E-state index in [0.717, 1.165) is 35.5 Å². The van der Waals surface area contributed by atoms with Crippen LogP contribution >= 0.6 is 27.3 Å². The fourth-order valence-corrected chi connectivity index (χ4v) is 3.32. The maximum atomic E-state index is 4.57. The Hall–Kier alpha value is -1.14. The lowest BCUT2D eigenvalue weighted by molar-refractivity contribution is 0.889. The summed E-state index contributed by atoms with van der Waals surface area (Å²) in [6.07, 6.45) is 1.06. The molecule has 1 N–H and O–H groups in total. The van der Waals surface area contributed by atoms with Crippen molar-refractivity contribution in [2.24, 2.45) is 0 Å². The topological polar surface area (TPSA) is 41.1 Å². The van der Waals surface area contributed by atoms with Crippen LogP contribution in [0, 0.1) is 6.92 Å². The summed E-state index contributed by atoms with van der Waals surface area (Å²) in [6.45, 7) is 5.87. The molecule has 6 heteroatoms. The van der Waals surface area contributed by atoms with E-state index in [1.807, 2.05) is 13.0 Å². The number of nitrogens with zero attached hydrogens (tertiary/aromatic N) is 3. The lowest BCUT2D eigenvalue weighted by atomic mass is 10.3. The van der Waals surface area contributed by atoms with Crippen molar-refractivity contribution in [3.05, 3.63) is 32.6 Å². The number of hydrogen-bond donors (Lipinski definition) is 1. The second kappa shape index (κ2) is 7.04. The van der Waals surface area contributed by atoms with Crippen LogP contribution in [0.2, 0.25) is 0 Å². The van der Waals surface area contributed by atoms with Gasteiger partial charge in [-0.15, -0.1) is 11.3 Å². The zero-order valence-corrected chi connectivity index (χ0v) is 14.4. The Morgan fingerprint density at radius 1 is 1.35 bits per heavy atom. The third-order valence-corrected chi connectivity index (χ3v) is 4.46. The van der Waals surface area contributed by atoms with Crippen LogP contribution in [0.3, 0.4) is 0 Å². The minimum atomic E-state index is 0.709. The Kier molecular flexibility index (Phi) is 5.37. The van der Waals surface area contributed by atoms with Gasteiger partial charge >= 0.3 is 0 Å². The minimum Gasteiger partial charge on any atom is -0.354 e. The van der Waals surface area contributed by atoms with Gasteiger partial charge in [0.05, 0.1) is 6.54 Å². The van der Waals surface area contributed by atoms with Crippen molar-refractivity contribution in [1.82, 2.24) is 9.97 Å². The van der Waals surface area contributed by atoms with Crippen LogP contribution in [-0.4, -0.2) is 23.6 Å². The average molecular weight is 355 g/mol. The fourth-order valence-electron chi connectivity index (χ4n) is 1.81. The van der Waals surface area contributed by atoms with Crippen LogP contribution in [0.15, 0.2) is 22.0 Å². The maximum absolute atomic E-state index is 4.57. The predicted octanol–water partition coefficient (Wildman–Crippen LogP) is 4.07. The highest BCUT2D eigenvalue weighted by Gasteiger charge is 2.08. The van der Waals surface area contributed by atoms with E-state index in [0.29, 0.717) is 5.95 Å². The van der Waals surface area contributed by atoms with Crippen LogP contribution in [0.5, 0.6) is 0 Å². The van der Waals surface area contributed by atoms with E-state index in [9.17, 15) is 0 Å². The number of aromatic nitrogens is 2. The van der Waals surface area contributed by atoms with Gasteiger partial charge in [-0.3, -0.25) is 0 Å². The van der Waals surface area contributed by atoms with Crippen molar-refractivity contribution in [3.8, 4) is 0 Å². The van der Waals surface area contributed by atoms with E-state index < -0.39 is 0 Å². The van der Waals surface area contributed by atoms with Crippen LogP contribution in [0.4, 0.5) is 11.8 Å². The molecule has 0 unspecified atom stereocenters. The highest BCUT2D eigenvalue weighted by atomic mass is 79.9. The molecule has 0 saturated carbocycles. The summed E-state index contributed by atoms with van der Waals surface area (Å²) >= 11 is 5.23. The van der Waals surface area contributed by atoms with E-state index in [2.05, 4.69) is 61.5 Å². The van der Waals surface area contributed by atoms with Crippen molar-refractivity contribution < 1.29 is 0 Å². The molecule has 0 radical (unpaired) electrons. The quantitative estimate of drug-likeness (QED) is 0.848. The molecule has 2 aromatic heterocycles. The van der Waals surface area contributed by atoms with Gasteiger partial charge < -0.3 is 10.2 Å². The van der Waals surface area contributed by atoms with Gasteiger partial charge in [-0.1, -0.05) is 6.92 Å². The van der Waals surface area contributed by atoms with Crippen LogP contribution in [0.25, 0.3) is 0 Å². The SMILES string of the molecule is CCCNc1nc(C)cc(N(C)Cc2cc(Br)cs2)n1. The number of thiophene rings is 1. The van der Waals surface area contributed by atoms with Gasteiger partial charge in [0.2, 0.25) is 5.95 Å². The third kappa shape index (κ3) is 4.18. The summed E-state index contributed by atoms with van der Waals surface area (Å²) in [4.78, 5) is 12.4. The summed E-state index contributed by atoms with van der Waals surface area (Å²) < 4.78 is 1.13. The molecule has 0 aromatic carbocycles. The van der Waals surface area contributed by atoms with E-state index in [4.69, 9.17) is 0 Å². The van der Waals surface area contributed by atoms with Crippen LogP contribution in [0.1, 0.15) is 23.9 Å². The molecule has 0 saturated heterocycles. The normalized spacial score (nSPS) is 10.6. The van der Waals surface area contributed by atoms with Gasteiger partial charge in [0.25, 0.3) is 0 Å². The Balaban J connectivity index is 2.12. The van der Waals surface area contributed by atoms with Crippen LogP contribution < -0.4 is 10.2 Å². The Morgan fingerprint density at radius 2 is 2.15 bits per heavy atom. The molecular formula is C14H19BrN4S. The zero-order valence-electron chi connectivity index (χ0n) is 12.0. The molecule has 0 fully saturated rings. The van der Waals surface area contributed by atoms with E-state index in [1.165, 1.54) is 4.88 Å². The largest absolute Gasteiger partial charge is 0.354 e. The monoisotopic (exact) mass is 354 g/mol. The van der Waals surface area contributed by atoms with Crippen molar-refractivity contribution in [3.63, 3.8) is 0 Å². The number of anilines is 2. The maximum Gasteiger partial charge on any atom is 0.224 e. The second-order valence-corrected chi connectivity index (χ2v) is 6.62. The summed E-state index contributed by atoms with van der Waals surface area (Å²) in [6, 6.07) is 4.16. The summed E-state index contributed by atoms with van der Waals surface area (Å²) in [5.74, 6) is 1.65. The minimum absolute atomic E-state index is 0.709. The fraction of sp³-hybridized carbons (Fsp3) is 0.429. The molecule has 0 aliphatic carbocycles. The highest BCUT2D eigenvalue weighted by Crippen LogP contribution is 2.23. The lowest BCUT2D eigenvalue weighted by Gasteiger charge is -2.18. The van der Waals surface area contributed by atoms with Gasteiger partial charge in [0.15, 0.2) is 0 Å². The molecule has 2 aromatic rings. The third-order valence-electron chi connectivity index (χ3n) is 2.78. The summed E-state index contributed by atoms with van der Waals surface area (Å²) in [5.41, 5.74) is 0.979. The zero-order chi connectivity index (χ0) is 14.5.